The van der Waals surface area contributed by atoms with Crippen LogP contribution in [0.15, 0.2) is 0 Å². The summed E-state index contributed by atoms with van der Waals surface area (Å²) in [7, 11) is 0.0325. The van der Waals surface area contributed by atoms with E-state index < -0.39 is 0 Å². The van der Waals surface area contributed by atoms with E-state index in [4.69, 9.17) is 9.31 Å². The van der Waals surface area contributed by atoms with Crippen molar-refractivity contribution in [2.24, 2.45) is 17.3 Å². The van der Waals surface area contributed by atoms with Gasteiger partial charge in [-0.2, -0.15) is 0 Å². The normalized spacial score (nSPS) is 48.5. The van der Waals surface area contributed by atoms with Crippen molar-refractivity contribution in [3.8, 4) is 0 Å². The number of rotatable bonds is 2. The molecule has 0 aromatic carbocycles. The van der Waals surface area contributed by atoms with Crippen LogP contribution in [0.3, 0.4) is 0 Å². The van der Waals surface area contributed by atoms with Crippen molar-refractivity contribution in [2.45, 2.75) is 71.4 Å². The molecule has 3 aliphatic carbocycles. The van der Waals surface area contributed by atoms with E-state index in [-0.39, 0.29) is 12.7 Å². The maximum Gasteiger partial charge on any atom is 0.460 e. The minimum absolute atomic E-state index is 0.0215. The fourth-order valence-corrected chi connectivity index (χ4v) is 4.34. The van der Waals surface area contributed by atoms with Crippen LogP contribution in [0, 0.1) is 17.3 Å². The van der Waals surface area contributed by atoms with Crippen molar-refractivity contribution in [1.82, 2.24) is 0 Å². The third kappa shape index (κ3) is 1.42. The first-order valence-corrected chi connectivity index (χ1v) is 7.22. The largest absolute Gasteiger partial charge is 0.460 e. The predicted molar refractivity (Wildman–Crippen MR) is 69.8 cm³/mol. The van der Waals surface area contributed by atoms with Crippen LogP contribution in [-0.2, 0) is 9.31 Å². The molecule has 0 aromatic rings. The molecule has 1 saturated heterocycles. The summed E-state index contributed by atoms with van der Waals surface area (Å²) in [5, 5.41) is 0. The summed E-state index contributed by atoms with van der Waals surface area (Å²) in [6, 6.07) is 0. The van der Waals surface area contributed by atoms with Gasteiger partial charge in [-0.3, -0.25) is 0 Å². The second kappa shape index (κ2) is 3.51. The van der Waals surface area contributed by atoms with Gasteiger partial charge in [-0.05, 0) is 42.8 Å². The maximum atomic E-state index is 6.37. The summed E-state index contributed by atoms with van der Waals surface area (Å²) in [5.74, 6) is 2.05. The zero-order chi connectivity index (χ0) is 12.4. The molecule has 0 amide bonds. The smallest absolute Gasteiger partial charge is 0.405 e. The van der Waals surface area contributed by atoms with E-state index in [1.54, 1.807) is 0 Å². The van der Waals surface area contributed by atoms with Crippen molar-refractivity contribution in [2.75, 3.05) is 0 Å². The molecule has 0 radical (unpaired) electrons. The lowest BCUT2D eigenvalue weighted by Gasteiger charge is -2.64. The number of hydrogen-bond donors (Lipinski definition) is 0. The van der Waals surface area contributed by atoms with Crippen LogP contribution in [0.1, 0.15) is 53.9 Å². The van der Waals surface area contributed by atoms with E-state index in [2.05, 4.69) is 34.6 Å². The minimum atomic E-state index is -0.0215. The van der Waals surface area contributed by atoms with Gasteiger partial charge in [0.05, 0.1) is 11.7 Å². The van der Waals surface area contributed by atoms with Crippen LogP contribution in [0.4, 0.5) is 0 Å². The highest BCUT2D eigenvalue weighted by Gasteiger charge is 2.68. The Labute approximate surface area is 106 Å². The third-order valence-electron chi connectivity index (χ3n) is 6.08. The highest BCUT2D eigenvalue weighted by molar-refractivity contribution is 6.47. The van der Waals surface area contributed by atoms with E-state index in [9.17, 15) is 0 Å². The van der Waals surface area contributed by atoms with Gasteiger partial charge in [0.15, 0.2) is 0 Å². The molecule has 0 N–H and O–H groups in total. The Kier molecular flexibility index (Phi) is 2.49. The van der Waals surface area contributed by atoms with Gasteiger partial charge in [-0.25, -0.2) is 0 Å². The van der Waals surface area contributed by atoms with E-state index in [0.717, 1.165) is 12.3 Å². The van der Waals surface area contributed by atoms with Gasteiger partial charge in [0.25, 0.3) is 0 Å². The zero-order valence-electron chi connectivity index (χ0n) is 11.8. The molecular formula is C14H25BO2. The van der Waals surface area contributed by atoms with Gasteiger partial charge in [0.2, 0.25) is 0 Å². The molecule has 17 heavy (non-hydrogen) atoms. The Morgan fingerprint density at radius 3 is 2.59 bits per heavy atom. The molecule has 4 fully saturated rings. The van der Waals surface area contributed by atoms with E-state index in [1.165, 1.54) is 12.8 Å². The SMILES string of the molecule is CCC(C)B1OC2CC3CC(C3(C)C)C2(C)O1. The summed E-state index contributed by atoms with van der Waals surface area (Å²) in [5.41, 5.74) is 0.436. The lowest BCUT2D eigenvalue weighted by Crippen LogP contribution is -2.65. The molecule has 2 nitrogen and oxygen atoms in total. The molecule has 3 saturated carbocycles. The van der Waals surface area contributed by atoms with Crippen molar-refractivity contribution < 1.29 is 9.31 Å². The van der Waals surface area contributed by atoms with Crippen LogP contribution in [0.5, 0.6) is 0 Å². The summed E-state index contributed by atoms with van der Waals surface area (Å²) in [4.78, 5) is 0. The van der Waals surface area contributed by atoms with Crippen LogP contribution in [0.25, 0.3) is 0 Å². The molecule has 0 aromatic heterocycles. The van der Waals surface area contributed by atoms with E-state index >= 15 is 0 Å². The average molecular weight is 236 g/mol. The Bertz CT molecular complexity index is 330. The van der Waals surface area contributed by atoms with Crippen LogP contribution in [-0.4, -0.2) is 18.8 Å². The molecule has 5 unspecified atom stereocenters. The van der Waals surface area contributed by atoms with Crippen molar-refractivity contribution in [3.05, 3.63) is 0 Å². The highest BCUT2D eigenvalue weighted by atomic mass is 16.7. The fourth-order valence-electron chi connectivity index (χ4n) is 4.34. The first-order valence-electron chi connectivity index (χ1n) is 7.22. The Hall–Kier alpha value is -0.0151. The molecule has 3 heteroatoms. The molecule has 1 heterocycles. The molecule has 4 aliphatic rings. The lowest BCUT2D eigenvalue weighted by molar-refractivity contribution is -0.199. The quantitative estimate of drug-likeness (QED) is 0.683. The molecule has 0 spiro atoms. The van der Waals surface area contributed by atoms with E-state index in [0.29, 0.717) is 23.3 Å². The third-order valence-corrected chi connectivity index (χ3v) is 6.08. The molecular weight excluding hydrogens is 211 g/mol. The fraction of sp³-hybridized carbons (Fsp3) is 1.00. The molecule has 2 bridgehead atoms. The number of hydrogen-bond acceptors (Lipinski definition) is 2. The van der Waals surface area contributed by atoms with Crippen LogP contribution < -0.4 is 0 Å². The van der Waals surface area contributed by atoms with Gasteiger partial charge in [-0.1, -0.05) is 34.1 Å². The second-order valence-corrected chi connectivity index (χ2v) is 7.22. The first kappa shape index (κ1) is 12.0. The Morgan fingerprint density at radius 1 is 1.29 bits per heavy atom. The molecule has 1 aliphatic heterocycles. The lowest BCUT2D eigenvalue weighted by atomic mass is 9.43. The summed E-state index contributed by atoms with van der Waals surface area (Å²) in [6.45, 7) is 11.6. The molecule has 5 atom stereocenters. The Balaban J connectivity index is 1.82. The first-order chi connectivity index (χ1) is 7.89. The van der Waals surface area contributed by atoms with Gasteiger partial charge >= 0.3 is 7.12 Å². The van der Waals surface area contributed by atoms with Gasteiger partial charge in [0, 0.05) is 0 Å². The zero-order valence-corrected chi connectivity index (χ0v) is 11.8. The Morgan fingerprint density at radius 2 is 2.00 bits per heavy atom. The summed E-state index contributed by atoms with van der Waals surface area (Å²) >= 11 is 0. The van der Waals surface area contributed by atoms with Crippen LogP contribution >= 0.6 is 0 Å². The minimum Gasteiger partial charge on any atom is -0.405 e. The molecule has 4 rings (SSSR count). The van der Waals surface area contributed by atoms with Gasteiger partial charge < -0.3 is 9.31 Å². The standard InChI is InChI=1S/C14H25BO2/c1-6-9(2)15-16-12-8-10-7-11(13(10,3)4)14(12,5)17-15/h9-12H,6-8H2,1-5H3. The maximum absolute atomic E-state index is 6.37. The van der Waals surface area contributed by atoms with Crippen molar-refractivity contribution in [1.29, 1.82) is 0 Å². The van der Waals surface area contributed by atoms with E-state index in [1.807, 2.05) is 0 Å². The predicted octanol–water partition coefficient (Wildman–Crippen LogP) is 3.51. The van der Waals surface area contributed by atoms with Crippen molar-refractivity contribution in [3.63, 3.8) is 0 Å². The summed E-state index contributed by atoms with van der Waals surface area (Å²) < 4.78 is 12.6. The van der Waals surface area contributed by atoms with Gasteiger partial charge in [-0.15, -0.1) is 0 Å². The molecule has 96 valence electrons. The topological polar surface area (TPSA) is 18.5 Å². The average Bonchev–Trinajstić information content (AvgIpc) is 2.64. The van der Waals surface area contributed by atoms with Gasteiger partial charge in [0.1, 0.15) is 0 Å². The highest BCUT2D eigenvalue weighted by Crippen LogP contribution is 2.66. The summed E-state index contributed by atoms with van der Waals surface area (Å²) in [6.07, 6.45) is 4.02. The monoisotopic (exact) mass is 236 g/mol. The van der Waals surface area contributed by atoms with Crippen molar-refractivity contribution >= 4 is 7.12 Å². The second-order valence-electron chi connectivity index (χ2n) is 7.22. The van der Waals surface area contributed by atoms with Crippen LogP contribution in [0.2, 0.25) is 5.82 Å².